The molecule has 0 spiro atoms. The van der Waals surface area contributed by atoms with Crippen molar-refractivity contribution < 1.29 is 0 Å². The van der Waals surface area contributed by atoms with E-state index in [9.17, 15) is 4.79 Å². The first-order valence-corrected chi connectivity index (χ1v) is 4.54. The first-order chi connectivity index (χ1) is 5.75. The lowest BCUT2D eigenvalue weighted by molar-refractivity contribution is 0.573. The van der Waals surface area contributed by atoms with Gasteiger partial charge in [-0.2, -0.15) is 0 Å². The Morgan fingerprint density at radius 3 is 2.67 bits per heavy atom. The molecule has 2 heterocycles. The van der Waals surface area contributed by atoms with Crippen LogP contribution >= 0.6 is 0 Å². The molecule has 1 aromatic heterocycles. The van der Waals surface area contributed by atoms with Crippen molar-refractivity contribution in [1.29, 1.82) is 0 Å². The molecular formula is C9H14N2O. The van der Waals surface area contributed by atoms with Gasteiger partial charge in [0.05, 0.1) is 0 Å². The SMILES string of the molecule is CCc1c(C)c(=O)n2n1CCC2. The summed E-state index contributed by atoms with van der Waals surface area (Å²) < 4.78 is 4.01. The highest BCUT2D eigenvalue weighted by atomic mass is 16.1. The van der Waals surface area contributed by atoms with Crippen molar-refractivity contribution in [2.75, 3.05) is 0 Å². The van der Waals surface area contributed by atoms with E-state index in [4.69, 9.17) is 0 Å². The Balaban J connectivity index is 2.70. The highest BCUT2D eigenvalue weighted by molar-refractivity contribution is 5.17. The van der Waals surface area contributed by atoms with Gasteiger partial charge in [0.25, 0.3) is 5.56 Å². The molecule has 0 aliphatic carbocycles. The smallest absolute Gasteiger partial charge is 0.269 e. The molecular weight excluding hydrogens is 152 g/mol. The molecule has 12 heavy (non-hydrogen) atoms. The van der Waals surface area contributed by atoms with Crippen molar-refractivity contribution >= 4 is 0 Å². The Morgan fingerprint density at radius 2 is 2.00 bits per heavy atom. The molecule has 1 aliphatic heterocycles. The topological polar surface area (TPSA) is 26.9 Å². The molecule has 0 unspecified atom stereocenters. The van der Waals surface area contributed by atoms with E-state index in [1.54, 1.807) is 0 Å². The fraction of sp³-hybridized carbons (Fsp3) is 0.667. The molecule has 1 aromatic rings. The second-order valence-corrected chi connectivity index (χ2v) is 3.33. The number of hydrogen-bond acceptors (Lipinski definition) is 1. The van der Waals surface area contributed by atoms with Gasteiger partial charge in [0.1, 0.15) is 0 Å². The summed E-state index contributed by atoms with van der Waals surface area (Å²) in [5, 5.41) is 0. The van der Waals surface area contributed by atoms with Gasteiger partial charge in [0.15, 0.2) is 0 Å². The third-order valence-electron chi connectivity index (χ3n) is 2.67. The van der Waals surface area contributed by atoms with E-state index in [0.29, 0.717) is 0 Å². The van der Waals surface area contributed by atoms with Crippen molar-refractivity contribution in [3.05, 3.63) is 21.6 Å². The summed E-state index contributed by atoms with van der Waals surface area (Å²) in [7, 11) is 0. The van der Waals surface area contributed by atoms with E-state index in [2.05, 4.69) is 11.6 Å². The van der Waals surface area contributed by atoms with Gasteiger partial charge >= 0.3 is 0 Å². The zero-order valence-corrected chi connectivity index (χ0v) is 7.63. The average molecular weight is 166 g/mol. The van der Waals surface area contributed by atoms with Crippen LogP contribution in [0, 0.1) is 6.92 Å². The monoisotopic (exact) mass is 166 g/mol. The van der Waals surface area contributed by atoms with Crippen LogP contribution in [0.15, 0.2) is 4.79 Å². The van der Waals surface area contributed by atoms with E-state index in [1.165, 1.54) is 5.69 Å². The van der Waals surface area contributed by atoms with Gasteiger partial charge in [-0.05, 0) is 19.8 Å². The molecule has 0 saturated heterocycles. The maximum atomic E-state index is 11.6. The van der Waals surface area contributed by atoms with E-state index in [1.807, 2.05) is 11.6 Å². The minimum absolute atomic E-state index is 0.212. The predicted octanol–water partition coefficient (Wildman–Crippen LogP) is 0.924. The summed E-state index contributed by atoms with van der Waals surface area (Å²) in [5.41, 5.74) is 2.37. The van der Waals surface area contributed by atoms with Crippen LogP contribution in [0.2, 0.25) is 0 Å². The maximum Gasteiger partial charge on any atom is 0.269 e. The lowest BCUT2D eigenvalue weighted by Gasteiger charge is -2.02. The third-order valence-corrected chi connectivity index (χ3v) is 2.67. The lowest BCUT2D eigenvalue weighted by Crippen LogP contribution is -2.17. The average Bonchev–Trinajstić information content (AvgIpc) is 2.59. The number of rotatable bonds is 1. The van der Waals surface area contributed by atoms with Crippen LogP contribution in [0.4, 0.5) is 0 Å². The minimum atomic E-state index is 0.212. The molecule has 0 saturated carbocycles. The zero-order valence-electron chi connectivity index (χ0n) is 7.63. The molecule has 0 aromatic carbocycles. The van der Waals surface area contributed by atoms with Gasteiger partial charge in [-0.15, -0.1) is 0 Å². The Kier molecular flexibility index (Phi) is 1.60. The molecule has 0 fully saturated rings. The molecule has 0 N–H and O–H groups in total. The molecule has 2 rings (SSSR count). The Bertz CT molecular complexity index is 359. The molecule has 0 radical (unpaired) electrons. The van der Waals surface area contributed by atoms with E-state index < -0.39 is 0 Å². The number of nitrogens with zero attached hydrogens (tertiary/aromatic N) is 2. The molecule has 1 aliphatic rings. The third kappa shape index (κ3) is 0.792. The minimum Gasteiger partial charge on any atom is -0.286 e. The van der Waals surface area contributed by atoms with E-state index in [-0.39, 0.29) is 5.56 Å². The van der Waals surface area contributed by atoms with Gasteiger partial charge < -0.3 is 0 Å². The summed E-state index contributed by atoms with van der Waals surface area (Å²) >= 11 is 0. The quantitative estimate of drug-likeness (QED) is 0.609. The van der Waals surface area contributed by atoms with Gasteiger partial charge in [-0.3, -0.25) is 14.2 Å². The first kappa shape index (κ1) is 7.65. The largest absolute Gasteiger partial charge is 0.286 e. The van der Waals surface area contributed by atoms with Crippen LogP contribution in [-0.2, 0) is 19.5 Å². The fourth-order valence-corrected chi connectivity index (χ4v) is 2.06. The number of hydrogen-bond donors (Lipinski definition) is 0. The summed E-state index contributed by atoms with van der Waals surface area (Å²) in [6.07, 6.45) is 2.08. The lowest BCUT2D eigenvalue weighted by atomic mass is 10.2. The van der Waals surface area contributed by atoms with E-state index in [0.717, 1.165) is 31.5 Å². The van der Waals surface area contributed by atoms with Crippen LogP contribution in [0.25, 0.3) is 0 Å². The van der Waals surface area contributed by atoms with Crippen LogP contribution in [-0.4, -0.2) is 9.36 Å². The number of aromatic nitrogens is 2. The Labute approximate surface area is 71.6 Å². The normalized spacial score (nSPS) is 15.2. The van der Waals surface area contributed by atoms with Crippen molar-refractivity contribution in [1.82, 2.24) is 9.36 Å². The van der Waals surface area contributed by atoms with Gasteiger partial charge in [0, 0.05) is 24.3 Å². The van der Waals surface area contributed by atoms with Crippen LogP contribution < -0.4 is 5.56 Å². The highest BCUT2D eigenvalue weighted by Crippen LogP contribution is 2.12. The van der Waals surface area contributed by atoms with Crippen molar-refractivity contribution in [3.8, 4) is 0 Å². The Morgan fingerprint density at radius 1 is 1.33 bits per heavy atom. The van der Waals surface area contributed by atoms with Gasteiger partial charge in [-0.25, -0.2) is 0 Å². The summed E-state index contributed by atoms with van der Waals surface area (Å²) in [6, 6.07) is 0. The molecule has 0 atom stereocenters. The van der Waals surface area contributed by atoms with Crippen LogP contribution in [0.1, 0.15) is 24.6 Å². The molecule has 0 amide bonds. The second kappa shape index (κ2) is 2.51. The summed E-state index contributed by atoms with van der Waals surface area (Å²) in [5.74, 6) is 0. The van der Waals surface area contributed by atoms with Gasteiger partial charge in [0.2, 0.25) is 0 Å². The van der Waals surface area contributed by atoms with Crippen LogP contribution in [0.5, 0.6) is 0 Å². The van der Waals surface area contributed by atoms with Crippen molar-refractivity contribution in [2.24, 2.45) is 0 Å². The van der Waals surface area contributed by atoms with Gasteiger partial charge in [-0.1, -0.05) is 6.92 Å². The first-order valence-electron chi connectivity index (χ1n) is 4.54. The predicted molar refractivity (Wildman–Crippen MR) is 47.4 cm³/mol. The van der Waals surface area contributed by atoms with E-state index >= 15 is 0 Å². The zero-order chi connectivity index (χ0) is 8.72. The Hall–Kier alpha value is -0.990. The molecule has 0 bridgehead atoms. The number of fused-ring (bicyclic) bond motifs is 1. The highest BCUT2D eigenvalue weighted by Gasteiger charge is 2.18. The molecule has 66 valence electrons. The molecule has 3 heteroatoms. The van der Waals surface area contributed by atoms with Crippen molar-refractivity contribution in [2.45, 2.75) is 39.8 Å². The van der Waals surface area contributed by atoms with Crippen LogP contribution in [0.3, 0.4) is 0 Å². The maximum absolute atomic E-state index is 11.6. The standard InChI is InChI=1S/C9H14N2O/c1-3-8-7(2)9(12)11-6-4-5-10(8)11/h3-6H2,1-2H3. The van der Waals surface area contributed by atoms with Crippen molar-refractivity contribution in [3.63, 3.8) is 0 Å². The second-order valence-electron chi connectivity index (χ2n) is 3.33. The summed E-state index contributed by atoms with van der Waals surface area (Å²) in [4.78, 5) is 11.6. The molecule has 3 nitrogen and oxygen atoms in total. The summed E-state index contributed by atoms with van der Waals surface area (Å²) in [6.45, 7) is 5.96. The fourth-order valence-electron chi connectivity index (χ4n) is 2.06.